The number of benzene rings is 1. The Morgan fingerprint density at radius 3 is 2.55 bits per heavy atom. The smallest absolute Gasteiger partial charge is 0.338 e. The lowest BCUT2D eigenvalue weighted by Gasteiger charge is -2.30. The molecular weight excluding hydrogens is 280 g/mol. The fourth-order valence-electron chi connectivity index (χ4n) is 2.78. The standard InChI is InChI=1S/C18H22O4/c1-3-7-13-10-11-15(18(20)21-2)16(12-13)22-17(19)14-8-5-4-6-9-14/h4-6,8-11,13,15-16H,3,7,12H2,1-2H3/t13-,15?,16-/m0/s1. The summed E-state index contributed by atoms with van der Waals surface area (Å²) in [5, 5.41) is 0. The molecule has 4 nitrogen and oxygen atoms in total. The number of hydrogen-bond acceptors (Lipinski definition) is 4. The third kappa shape index (κ3) is 3.97. The maximum absolute atomic E-state index is 12.2. The fraction of sp³-hybridized carbons (Fsp3) is 0.444. The molecule has 1 aliphatic rings. The van der Waals surface area contributed by atoms with Crippen molar-refractivity contribution in [2.75, 3.05) is 7.11 Å². The van der Waals surface area contributed by atoms with Crippen LogP contribution in [0.2, 0.25) is 0 Å². The Morgan fingerprint density at radius 2 is 1.91 bits per heavy atom. The van der Waals surface area contributed by atoms with E-state index in [9.17, 15) is 9.59 Å². The molecule has 1 aromatic rings. The monoisotopic (exact) mass is 302 g/mol. The van der Waals surface area contributed by atoms with E-state index in [-0.39, 0.29) is 5.97 Å². The number of methoxy groups -OCH3 is 1. The topological polar surface area (TPSA) is 52.6 Å². The van der Waals surface area contributed by atoms with Crippen LogP contribution in [0.25, 0.3) is 0 Å². The Balaban J connectivity index is 2.12. The van der Waals surface area contributed by atoms with Gasteiger partial charge in [-0.1, -0.05) is 43.7 Å². The Labute approximate surface area is 131 Å². The molecule has 0 aliphatic heterocycles. The Morgan fingerprint density at radius 1 is 1.18 bits per heavy atom. The lowest BCUT2D eigenvalue weighted by Crippen LogP contribution is -2.36. The second-order valence-corrected chi connectivity index (χ2v) is 5.53. The maximum atomic E-state index is 12.2. The molecule has 1 unspecified atom stereocenters. The summed E-state index contributed by atoms with van der Waals surface area (Å²) in [6.07, 6.45) is 6.11. The Kier molecular flexibility index (Phi) is 5.75. The van der Waals surface area contributed by atoms with Gasteiger partial charge < -0.3 is 9.47 Å². The molecule has 1 aliphatic carbocycles. The highest BCUT2D eigenvalue weighted by Gasteiger charge is 2.35. The number of hydrogen-bond donors (Lipinski definition) is 0. The van der Waals surface area contributed by atoms with Gasteiger partial charge in [0.25, 0.3) is 0 Å². The molecule has 2 rings (SSSR count). The van der Waals surface area contributed by atoms with E-state index >= 15 is 0 Å². The molecule has 22 heavy (non-hydrogen) atoms. The zero-order valence-corrected chi connectivity index (χ0v) is 13.0. The fourth-order valence-corrected chi connectivity index (χ4v) is 2.78. The van der Waals surface area contributed by atoms with Gasteiger partial charge in [0.1, 0.15) is 12.0 Å². The van der Waals surface area contributed by atoms with Crippen molar-refractivity contribution in [1.29, 1.82) is 0 Å². The molecule has 0 N–H and O–H groups in total. The van der Waals surface area contributed by atoms with Gasteiger partial charge in [-0.05, 0) is 30.9 Å². The van der Waals surface area contributed by atoms with Gasteiger partial charge in [0.2, 0.25) is 0 Å². The summed E-state index contributed by atoms with van der Waals surface area (Å²) in [6.45, 7) is 2.12. The molecule has 0 saturated carbocycles. The van der Waals surface area contributed by atoms with E-state index in [1.165, 1.54) is 7.11 Å². The average Bonchev–Trinajstić information content (AvgIpc) is 2.55. The highest BCUT2D eigenvalue weighted by Crippen LogP contribution is 2.29. The summed E-state index contributed by atoms with van der Waals surface area (Å²) >= 11 is 0. The molecule has 0 bridgehead atoms. The quantitative estimate of drug-likeness (QED) is 0.618. The minimum Gasteiger partial charge on any atom is -0.468 e. The van der Waals surface area contributed by atoms with Crippen molar-refractivity contribution in [1.82, 2.24) is 0 Å². The van der Waals surface area contributed by atoms with E-state index in [0.29, 0.717) is 17.9 Å². The predicted octanol–water partition coefficient (Wildman–Crippen LogP) is 3.38. The van der Waals surface area contributed by atoms with Crippen LogP contribution in [0.4, 0.5) is 0 Å². The third-order valence-electron chi connectivity index (χ3n) is 3.93. The highest BCUT2D eigenvalue weighted by atomic mass is 16.6. The SMILES string of the molecule is CCC[C@H]1C=CC(C(=O)OC)[C@@H](OC(=O)c2ccccc2)C1. The van der Waals surface area contributed by atoms with Gasteiger partial charge in [0, 0.05) is 0 Å². The van der Waals surface area contributed by atoms with Crippen LogP contribution in [-0.4, -0.2) is 25.2 Å². The van der Waals surface area contributed by atoms with E-state index in [1.807, 2.05) is 18.2 Å². The van der Waals surface area contributed by atoms with Crippen LogP contribution in [0.5, 0.6) is 0 Å². The number of allylic oxidation sites excluding steroid dienone is 1. The summed E-state index contributed by atoms with van der Waals surface area (Å²) in [5.74, 6) is -0.952. The first-order chi connectivity index (χ1) is 10.7. The minimum atomic E-state index is -0.522. The van der Waals surface area contributed by atoms with Crippen LogP contribution >= 0.6 is 0 Å². The van der Waals surface area contributed by atoms with E-state index < -0.39 is 18.0 Å². The number of rotatable bonds is 5. The molecular formula is C18H22O4. The van der Waals surface area contributed by atoms with Crippen LogP contribution in [0.3, 0.4) is 0 Å². The first-order valence-corrected chi connectivity index (χ1v) is 7.67. The zero-order valence-electron chi connectivity index (χ0n) is 13.0. The van der Waals surface area contributed by atoms with E-state index in [4.69, 9.17) is 9.47 Å². The molecule has 0 radical (unpaired) electrons. The molecule has 118 valence electrons. The lowest BCUT2D eigenvalue weighted by atomic mass is 9.83. The molecule has 0 aromatic heterocycles. The summed E-state index contributed by atoms with van der Waals surface area (Å²) in [5.41, 5.74) is 0.493. The molecule has 0 heterocycles. The molecule has 0 saturated heterocycles. The second-order valence-electron chi connectivity index (χ2n) is 5.53. The number of carbonyl (C=O) groups excluding carboxylic acids is 2. The van der Waals surface area contributed by atoms with Crippen LogP contribution < -0.4 is 0 Å². The summed E-state index contributed by atoms with van der Waals surface area (Å²) in [4.78, 5) is 24.1. The van der Waals surface area contributed by atoms with Crippen molar-refractivity contribution in [3.05, 3.63) is 48.0 Å². The van der Waals surface area contributed by atoms with Crippen molar-refractivity contribution < 1.29 is 19.1 Å². The van der Waals surface area contributed by atoms with Gasteiger partial charge in [0.05, 0.1) is 12.7 Å². The number of esters is 2. The van der Waals surface area contributed by atoms with Crippen molar-refractivity contribution in [2.24, 2.45) is 11.8 Å². The van der Waals surface area contributed by atoms with Crippen LogP contribution in [-0.2, 0) is 14.3 Å². The lowest BCUT2D eigenvalue weighted by molar-refractivity contribution is -0.147. The van der Waals surface area contributed by atoms with E-state index in [0.717, 1.165) is 12.8 Å². The largest absolute Gasteiger partial charge is 0.468 e. The van der Waals surface area contributed by atoms with Crippen molar-refractivity contribution in [3.63, 3.8) is 0 Å². The molecule has 1 aromatic carbocycles. The Hall–Kier alpha value is -2.10. The first-order valence-electron chi connectivity index (χ1n) is 7.67. The van der Waals surface area contributed by atoms with Crippen molar-refractivity contribution >= 4 is 11.9 Å². The molecule has 4 heteroatoms. The minimum absolute atomic E-state index is 0.333. The van der Waals surface area contributed by atoms with Crippen molar-refractivity contribution in [2.45, 2.75) is 32.3 Å². The van der Waals surface area contributed by atoms with Gasteiger partial charge in [-0.15, -0.1) is 0 Å². The van der Waals surface area contributed by atoms with Gasteiger partial charge in [0.15, 0.2) is 0 Å². The summed E-state index contributed by atoms with van der Waals surface area (Å²) in [7, 11) is 1.35. The van der Waals surface area contributed by atoms with Crippen molar-refractivity contribution in [3.8, 4) is 0 Å². The Bertz CT molecular complexity index is 535. The molecule has 0 amide bonds. The van der Waals surface area contributed by atoms with Gasteiger partial charge >= 0.3 is 11.9 Å². The van der Waals surface area contributed by atoms with Crippen LogP contribution in [0, 0.1) is 11.8 Å². The summed E-state index contributed by atoms with van der Waals surface area (Å²) < 4.78 is 10.4. The van der Waals surface area contributed by atoms with Gasteiger partial charge in [-0.2, -0.15) is 0 Å². The zero-order chi connectivity index (χ0) is 15.9. The first kappa shape index (κ1) is 16.3. The molecule has 0 fully saturated rings. The average molecular weight is 302 g/mol. The van der Waals surface area contributed by atoms with Gasteiger partial charge in [-0.3, -0.25) is 4.79 Å². The summed E-state index contributed by atoms with van der Waals surface area (Å²) in [6, 6.07) is 8.83. The predicted molar refractivity (Wildman–Crippen MR) is 83.3 cm³/mol. The van der Waals surface area contributed by atoms with E-state index in [2.05, 4.69) is 6.92 Å². The number of ether oxygens (including phenoxy) is 2. The van der Waals surface area contributed by atoms with E-state index in [1.54, 1.807) is 24.3 Å². The van der Waals surface area contributed by atoms with Crippen LogP contribution in [0.15, 0.2) is 42.5 Å². The third-order valence-corrected chi connectivity index (χ3v) is 3.93. The molecule has 3 atom stereocenters. The van der Waals surface area contributed by atoms with Gasteiger partial charge in [-0.25, -0.2) is 4.79 Å². The second kappa shape index (κ2) is 7.78. The normalized spacial score (nSPS) is 23.8. The highest BCUT2D eigenvalue weighted by molar-refractivity contribution is 5.89. The van der Waals surface area contributed by atoms with Crippen LogP contribution in [0.1, 0.15) is 36.5 Å². The number of carbonyl (C=O) groups is 2. The maximum Gasteiger partial charge on any atom is 0.338 e. The molecule has 0 spiro atoms.